The number of aromatic nitrogens is 3. The smallest absolute Gasteiger partial charge is 0.271 e. The van der Waals surface area contributed by atoms with E-state index >= 15 is 0 Å². The van der Waals surface area contributed by atoms with Gasteiger partial charge in [0.15, 0.2) is 0 Å². The number of rotatable bonds is 2. The highest BCUT2D eigenvalue weighted by Crippen LogP contribution is 2.26. The topological polar surface area (TPSA) is 123 Å². The number of hydrogen-bond donors (Lipinski definition) is 4. The number of pyridine rings is 1. The molecule has 0 aliphatic heterocycles. The van der Waals surface area contributed by atoms with Crippen LogP contribution in [0.25, 0.3) is 10.9 Å². The summed E-state index contributed by atoms with van der Waals surface area (Å²) in [6.07, 6.45) is 13.5. The maximum atomic E-state index is 14.0. The van der Waals surface area contributed by atoms with Crippen LogP contribution >= 0.6 is 11.8 Å². The predicted octanol–water partition coefficient (Wildman–Crippen LogP) is 4.04. The fourth-order valence-electron chi connectivity index (χ4n) is 3.04. The molecule has 0 amide bonds. The molecule has 0 spiro atoms. The van der Waals surface area contributed by atoms with Crippen molar-refractivity contribution in [2.75, 3.05) is 23.6 Å². The van der Waals surface area contributed by atoms with Gasteiger partial charge in [-0.3, -0.25) is 4.79 Å². The molecule has 1 saturated carbocycles. The van der Waals surface area contributed by atoms with Crippen LogP contribution in [0, 0.1) is 5.82 Å². The lowest BCUT2D eigenvalue weighted by Crippen LogP contribution is -2.22. The molecule has 0 bridgehead atoms. The van der Waals surface area contributed by atoms with Crippen molar-refractivity contribution in [2.45, 2.75) is 38.1 Å². The van der Waals surface area contributed by atoms with Gasteiger partial charge in [-0.25, -0.2) is 14.4 Å². The molecule has 6 N–H and O–H groups in total. The predicted molar refractivity (Wildman–Crippen MR) is 125 cm³/mol. The number of benzene rings is 1. The van der Waals surface area contributed by atoms with Crippen LogP contribution in [0.2, 0.25) is 0 Å². The lowest BCUT2D eigenvalue weighted by Gasteiger charge is -2.15. The summed E-state index contributed by atoms with van der Waals surface area (Å²) in [5.74, 6) is -0.334. The van der Waals surface area contributed by atoms with E-state index in [1.54, 1.807) is 30.0 Å². The number of anilines is 3. The molecule has 7 nitrogen and oxygen atoms in total. The van der Waals surface area contributed by atoms with Gasteiger partial charge in [0.2, 0.25) is 0 Å². The van der Waals surface area contributed by atoms with Crippen LogP contribution in [0.4, 0.5) is 21.6 Å². The quantitative estimate of drug-likeness (QED) is 0.451. The van der Waals surface area contributed by atoms with Crippen LogP contribution in [0.15, 0.2) is 41.6 Å². The first-order valence-corrected chi connectivity index (χ1v) is 11.4. The van der Waals surface area contributed by atoms with Crippen molar-refractivity contribution in [3.05, 3.63) is 53.0 Å². The van der Waals surface area contributed by atoms with Crippen LogP contribution in [-0.4, -0.2) is 33.5 Å². The first-order valence-electron chi connectivity index (χ1n) is 9.76. The minimum Gasteiger partial charge on any atom is -0.399 e. The zero-order valence-electron chi connectivity index (χ0n) is 17.3. The van der Waals surface area contributed by atoms with E-state index in [-0.39, 0.29) is 28.1 Å². The summed E-state index contributed by atoms with van der Waals surface area (Å²) in [4.78, 5) is 22.1. The van der Waals surface area contributed by atoms with E-state index in [1.807, 2.05) is 12.5 Å². The summed E-state index contributed by atoms with van der Waals surface area (Å²) in [6.45, 7) is 0. The Bertz CT molecular complexity index is 991. The number of H-pyrrole nitrogens is 1. The molecule has 162 valence electrons. The normalized spacial score (nSPS) is 13.6. The third-order valence-electron chi connectivity index (χ3n) is 4.43. The van der Waals surface area contributed by atoms with Crippen molar-refractivity contribution in [3.8, 4) is 0 Å². The molecular weight excluding hydrogens is 403 g/mol. The summed E-state index contributed by atoms with van der Waals surface area (Å²) >= 11 is 1.75. The Morgan fingerprint density at radius 2 is 1.90 bits per heavy atom. The van der Waals surface area contributed by atoms with Gasteiger partial charge in [-0.15, -0.1) is 0 Å². The van der Waals surface area contributed by atoms with Gasteiger partial charge in [-0.05, 0) is 49.6 Å². The van der Waals surface area contributed by atoms with E-state index in [1.165, 1.54) is 50.7 Å². The van der Waals surface area contributed by atoms with Gasteiger partial charge in [0.05, 0.1) is 10.9 Å². The number of thioether (sulfide) groups is 1. The number of nitrogens with one attached hydrogen (secondary N) is 2. The third-order valence-corrected chi connectivity index (χ3v) is 4.43. The molecule has 0 saturated heterocycles. The van der Waals surface area contributed by atoms with Gasteiger partial charge in [-0.2, -0.15) is 11.8 Å². The lowest BCUT2D eigenvalue weighted by molar-refractivity contribution is 0.441. The minimum absolute atomic E-state index is 0.185. The Hall–Kier alpha value is -2.65. The minimum atomic E-state index is -0.546. The second-order valence-corrected chi connectivity index (χ2v) is 7.78. The summed E-state index contributed by atoms with van der Waals surface area (Å²) in [6, 6.07) is 6.49. The number of fused-ring (bicyclic) bond motifs is 1. The van der Waals surface area contributed by atoms with Crippen LogP contribution in [-0.2, 0) is 0 Å². The molecule has 1 fully saturated rings. The molecule has 0 unspecified atom stereocenters. The number of halogens is 1. The van der Waals surface area contributed by atoms with Gasteiger partial charge in [0.25, 0.3) is 5.56 Å². The molecule has 1 aliphatic carbocycles. The summed E-state index contributed by atoms with van der Waals surface area (Å²) in [7, 11) is 0. The fourth-order valence-corrected chi connectivity index (χ4v) is 3.04. The van der Waals surface area contributed by atoms with E-state index < -0.39 is 5.82 Å². The molecular formula is C21H29FN6OS. The van der Waals surface area contributed by atoms with Crippen LogP contribution in [0.5, 0.6) is 0 Å². The van der Waals surface area contributed by atoms with Gasteiger partial charge in [0, 0.05) is 17.9 Å². The molecule has 1 aromatic carbocycles. The Morgan fingerprint density at radius 3 is 2.50 bits per heavy atom. The van der Waals surface area contributed by atoms with E-state index in [4.69, 9.17) is 11.5 Å². The molecule has 0 atom stereocenters. The Balaban J connectivity index is 0.000000266. The van der Waals surface area contributed by atoms with Gasteiger partial charge in [0.1, 0.15) is 23.6 Å². The van der Waals surface area contributed by atoms with Crippen molar-refractivity contribution in [2.24, 2.45) is 5.73 Å². The van der Waals surface area contributed by atoms with Crippen molar-refractivity contribution < 1.29 is 4.39 Å². The van der Waals surface area contributed by atoms with Crippen molar-refractivity contribution in [3.63, 3.8) is 0 Å². The molecule has 3 aromatic rings. The molecule has 2 aromatic heterocycles. The SMILES string of the molecule is CSC.NC1CCCCC1.Nc1cc(F)c2c(Nc3ccc[nH]c3=O)ncnc2c1. The number of aromatic amines is 1. The van der Waals surface area contributed by atoms with Crippen LogP contribution in [0.3, 0.4) is 0 Å². The van der Waals surface area contributed by atoms with Crippen molar-refractivity contribution in [1.29, 1.82) is 0 Å². The van der Waals surface area contributed by atoms with E-state index in [0.717, 1.165) is 0 Å². The highest BCUT2D eigenvalue weighted by Gasteiger charge is 2.11. The Morgan fingerprint density at radius 1 is 1.20 bits per heavy atom. The second-order valence-electron chi connectivity index (χ2n) is 6.96. The van der Waals surface area contributed by atoms with Gasteiger partial charge < -0.3 is 21.8 Å². The van der Waals surface area contributed by atoms with Gasteiger partial charge in [-0.1, -0.05) is 19.3 Å². The summed E-state index contributed by atoms with van der Waals surface area (Å²) in [5.41, 5.74) is 11.8. The van der Waals surface area contributed by atoms with Crippen LogP contribution in [0.1, 0.15) is 32.1 Å². The van der Waals surface area contributed by atoms with E-state index in [0.29, 0.717) is 11.6 Å². The number of hydrogen-bond acceptors (Lipinski definition) is 7. The fraction of sp³-hybridized carbons (Fsp3) is 0.381. The molecule has 9 heteroatoms. The Labute approximate surface area is 179 Å². The van der Waals surface area contributed by atoms with Crippen molar-refractivity contribution in [1.82, 2.24) is 15.0 Å². The molecule has 1 aliphatic rings. The molecule has 0 radical (unpaired) electrons. The molecule has 2 heterocycles. The van der Waals surface area contributed by atoms with E-state index in [2.05, 4.69) is 20.3 Å². The maximum absolute atomic E-state index is 14.0. The van der Waals surface area contributed by atoms with Crippen molar-refractivity contribution >= 4 is 39.9 Å². The third kappa shape index (κ3) is 7.00. The standard InChI is InChI=1S/C13H10FN5O.C6H13N.C2H6S/c14-8-4-7(15)5-10-11(8)12(18-6-17-10)19-9-2-1-3-16-13(9)20;7-6-4-2-1-3-5-6;1-3-2/h1-6H,15H2,(H,16,20)(H,17,18,19);6H,1-5,7H2;1-2H3. The second kappa shape index (κ2) is 12.1. The first kappa shape index (κ1) is 23.6. The summed E-state index contributed by atoms with van der Waals surface area (Å²) < 4.78 is 14.0. The average molecular weight is 433 g/mol. The maximum Gasteiger partial charge on any atom is 0.271 e. The molecule has 30 heavy (non-hydrogen) atoms. The summed E-state index contributed by atoms with van der Waals surface area (Å²) in [5, 5.41) is 2.98. The number of nitrogen functional groups attached to an aromatic ring is 1. The van der Waals surface area contributed by atoms with E-state index in [9.17, 15) is 9.18 Å². The zero-order chi connectivity index (χ0) is 21.9. The molecule has 4 rings (SSSR count). The van der Waals surface area contributed by atoms with Gasteiger partial charge >= 0.3 is 0 Å². The number of nitrogens with two attached hydrogens (primary N) is 2. The highest BCUT2D eigenvalue weighted by molar-refractivity contribution is 7.97. The highest BCUT2D eigenvalue weighted by atomic mass is 32.2. The number of nitrogens with zero attached hydrogens (tertiary/aromatic N) is 2. The monoisotopic (exact) mass is 432 g/mol. The first-order chi connectivity index (χ1) is 14.5. The zero-order valence-corrected chi connectivity index (χ0v) is 18.1. The largest absolute Gasteiger partial charge is 0.399 e. The lowest BCUT2D eigenvalue weighted by atomic mass is 9.97. The van der Waals surface area contributed by atoms with Crippen LogP contribution < -0.4 is 22.3 Å². The average Bonchev–Trinajstić information content (AvgIpc) is 2.71. The Kier molecular flexibility index (Phi) is 9.56.